The van der Waals surface area contributed by atoms with E-state index in [9.17, 15) is 5.11 Å². The molecule has 0 aliphatic rings. The number of likely N-dealkylation sites (N-methyl/N-ethyl adjacent to an activating group) is 1. The summed E-state index contributed by atoms with van der Waals surface area (Å²) in [5, 5.41) is 9.18. The predicted octanol–water partition coefficient (Wildman–Crippen LogP) is 2.49. The molecule has 0 aromatic heterocycles. The van der Waals surface area contributed by atoms with Gasteiger partial charge in [-0.15, -0.1) is 0 Å². The van der Waals surface area contributed by atoms with Gasteiger partial charge in [0.05, 0.1) is 0 Å². The number of aliphatic hydroxyl groups is 1. The standard InChI is InChI=1S/C15H25NO/c1-4-14(12-17)11-16(3)10-9-15-8-6-5-7-13(15)2/h5-8,14,17H,4,9-12H2,1-3H3. The number of nitrogens with zero attached hydrogens (tertiary/aromatic N) is 1. The maximum absolute atomic E-state index is 9.18. The summed E-state index contributed by atoms with van der Waals surface area (Å²) in [6, 6.07) is 8.55. The number of hydrogen-bond acceptors (Lipinski definition) is 2. The van der Waals surface area contributed by atoms with Gasteiger partial charge in [0.25, 0.3) is 0 Å². The van der Waals surface area contributed by atoms with Gasteiger partial charge in [0, 0.05) is 19.7 Å². The Morgan fingerprint density at radius 2 is 2.00 bits per heavy atom. The van der Waals surface area contributed by atoms with Crippen LogP contribution in [0.1, 0.15) is 24.5 Å². The van der Waals surface area contributed by atoms with E-state index >= 15 is 0 Å². The fourth-order valence-corrected chi connectivity index (χ4v) is 2.05. The molecule has 1 N–H and O–H groups in total. The smallest absolute Gasteiger partial charge is 0.0471 e. The van der Waals surface area contributed by atoms with E-state index in [1.165, 1.54) is 11.1 Å². The second kappa shape index (κ2) is 7.46. The molecule has 0 aliphatic heterocycles. The van der Waals surface area contributed by atoms with Crippen molar-refractivity contribution in [3.63, 3.8) is 0 Å². The van der Waals surface area contributed by atoms with E-state index in [2.05, 4.69) is 50.1 Å². The van der Waals surface area contributed by atoms with Crippen molar-refractivity contribution < 1.29 is 5.11 Å². The summed E-state index contributed by atoms with van der Waals surface area (Å²) < 4.78 is 0. The average Bonchev–Trinajstić information content (AvgIpc) is 2.35. The van der Waals surface area contributed by atoms with Crippen molar-refractivity contribution in [1.82, 2.24) is 4.90 Å². The van der Waals surface area contributed by atoms with Gasteiger partial charge in [0.2, 0.25) is 0 Å². The maximum atomic E-state index is 9.18. The van der Waals surface area contributed by atoms with Crippen LogP contribution in [0.25, 0.3) is 0 Å². The fraction of sp³-hybridized carbons (Fsp3) is 0.600. The third-order valence-corrected chi connectivity index (χ3v) is 3.43. The molecule has 0 spiro atoms. The summed E-state index contributed by atoms with van der Waals surface area (Å²) in [6.07, 6.45) is 2.14. The quantitative estimate of drug-likeness (QED) is 0.785. The van der Waals surface area contributed by atoms with Crippen LogP contribution in [0.5, 0.6) is 0 Å². The van der Waals surface area contributed by atoms with Crippen LogP contribution in [0.4, 0.5) is 0 Å². The highest BCUT2D eigenvalue weighted by molar-refractivity contribution is 5.25. The number of aliphatic hydroxyl groups excluding tert-OH is 1. The van der Waals surface area contributed by atoms with Crippen molar-refractivity contribution in [2.45, 2.75) is 26.7 Å². The molecule has 1 aromatic rings. The van der Waals surface area contributed by atoms with Crippen LogP contribution >= 0.6 is 0 Å². The summed E-state index contributed by atoms with van der Waals surface area (Å²) in [6.45, 7) is 6.64. The molecule has 2 nitrogen and oxygen atoms in total. The average molecular weight is 235 g/mol. The summed E-state index contributed by atoms with van der Waals surface area (Å²) in [4.78, 5) is 2.32. The van der Waals surface area contributed by atoms with E-state index in [-0.39, 0.29) is 0 Å². The molecule has 0 saturated heterocycles. The first-order valence-electron chi connectivity index (χ1n) is 6.51. The second-order valence-corrected chi connectivity index (χ2v) is 4.90. The molecule has 17 heavy (non-hydrogen) atoms. The normalized spacial score (nSPS) is 13.0. The lowest BCUT2D eigenvalue weighted by molar-refractivity contribution is 0.177. The Labute approximate surface area is 105 Å². The molecule has 1 unspecified atom stereocenters. The summed E-state index contributed by atoms with van der Waals surface area (Å²) in [5.74, 6) is 0.414. The van der Waals surface area contributed by atoms with E-state index in [0.717, 1.165) is 25.9 Å². The lowest BCUT2D eigenvalue weighted by Crippen LogP contribution is -2.29. The Kier molecular flexibility index (Phi) is 6.23. The van der Waals surface area contributed by atoms with Gasteiger partial charge in [-0.05, 0) is 43.9 Å². The maximum Gasteiger partial charge on any atom is 0.0471 e. The van der Waals surface area contributed by atoms with Crippen molar-refractivity contribution in [2.24, 2.45) is 5.92 Å². The molecular formula is C15H25NO. The van der Waals surface area contributed by atoms with Crippen LogP contribution in [-0.4, -0.2) is 36.8 Å². The lowest BCUT2D eigenvalue weighted by atomic mass is 10.0. The second-order valence-electron chi connectivity index (χ2n) is 4.90. The van der Waals surface area contributed by atoms with Gasteiger partial charge in [0.15, 0.2) is 0 Å². The molecule has 0 fully saturated rings. The van der Waals surface area contributed by atoms with Crippen LogP contribution < -0.4 is 0 Å². The Morgan fingerprint density at radius 3 is 2.59 bits per heavy atom. The SMILES string of the molecule is CCC(CO)CN(C)CCc1ccccc1C. The topological polar surface area (TPSA) is 23.5 Å². The summed E-state index contributed by atoms with van der Waals surface area (Å²) in [5.41, 5.74) is 2.80. The summed E-state index contributed by atoms with van der Waals surface area (Å²) >= 11 is 0. The molecule has 0 aliphatic carbocycles. The molecule has 1 aromatic carbocycles. The van der Waals surface area contributed by atoms with Crippen molar-refractivity contribution in [3.05, 3.63) is 35.4 Å². The van der Waals surface area contributed by atoms with Crippen LogP contribution in [0, 0.1) is 12.8 Å². The Bertz CT molecular complexity index is 320. The molecule has 0 amide bonds. The van der Waals surface area contributed by atoms with Gasteiger partial charge in [-0.1, -0.05) is 31.2 Å². The first-order chi connectivity index (χ1) is 8.17. The number of rotatable bonds is 7. The number of hydrogen-bond donors (Lipinski definition) is 1. The van der Waals surface area contributed by atoms with E-state index in [0.29, 0.717) is 12.5 Å². The van der Waals surface area contributed by atoms with Gasteiger partial charge >= 0.3 is 0 Å². The predicted molar refractivity (Wildman–Crippen MR) is 73.2 cm³/mol. The Hall–Kier alpha value is -0.860. The molecule has 0 heterocycles. The molecule has 2 heteroatoms. The zero-order valence-corrected chi connectivity index (χ0v) is 11.3. The molecule has 1 rings (SSSR count). The molecular weight excluding hydrogens is 210 g/mol. The van der Waals surface area contributed by atoms with Crippen molar-refractivity contribution in [2.75, 3.05) is 26.7 Å². The first kappa shape index (κ1) is 14.2. The summed E-state index contributed by atoms with van der Waals surface area (Å²) in [7, 11) is 2.14. The minimum atomic E-state index is 0.297. The largest absolute Gasteiger partial charge is 0.396 e. The number of benzene rings is 1. The van der Waals surface area contributed by atoms with E-state index in [1.807, 2.05) is 0 Å². The first-order valence-corrected chi connectivity index (χ1v) is 6.51. The third-order valence-electron chi connectivity index (χ3n) is 3.43. The Balaban J connectivity index is 2.38. The fourth-order valence-electron chi connectivity index (χ4n) is 2.05. The highest BCUT2D eigenvalue weighted by Crippen LogP contribution is 2.09. The minimum Gasteiger partial charge on any atom is -0.396 e. The molecule has 1 atom stereocenters. The van der Waals surface area contributed by atoms with Crippen molar-refractivity contribution >= 4 is 0 Å². The number of aryl methyl sites for hydroxylation is 1. The highest BCUT2D eigenvalue weighted by atomic mass is 16.3. The van der Waals surface area contributed by atoms with E-state index in [1.54, 1.807) is 0 Å². The van der Waals surface area contributed by atoms with Crippen molar-refractivity contribution in [1.29, 1.82) is 0 Å². The zero-order valence-electron chi connectivity index (χ0n) is 11.3. The van der Waals surface area contributed by atoms with Gasteiger partial charge in [-0.3, -0.25) is 0 Å². The van der Waals surface area contributed by atoms with Crippen LogP contribution in [0.15, 0.2) is 24.3 Å². The van der Waals surface area contributed by atoms with E-state index in [4.69, 9.17) is 0 Å². The van der Waals surface area contributed by atoms with E-state index < -0.39 is 0 Å². The van der Waals surface area contributed by atoms with Gasteiger partial charge in [-0.2, -0.15) is 0 Å². The highest BCUT2D eigenvalue weighted by Gasteiger charge is 2.08. The molecule has 0 radical (unpaired) electrons. The minimum absolute atomic E-state index is 0.297. The van der Waals surface area contributed by atoms with Crippen LogP contribution in [0.2, 0.25) is 0 Å². The third kappa shape index (κ3) is 4.88. The zero-order chi connectivity index (χ0) is 12.7. The van der Waals surface area contributed by atoms with Gasteiger partial charge in [-0.25, -0.2) is 0 Å². The molecule has 96 valence electrons. The molecule has 0 bridgehead atoms. The van der Waals surface area contributed by atoms with Gasteiger partial charge in [0.1, 0.15) is 0 Å². The molecule has 0 saturated carbocycles. The van der Waals surface area contributed by atoms with Gasteiger partial charge < -0.3 is 10.0 Å². The van der Waals surface area contributed by atoms with Crippen LogP contribution in [-0.2, 0) is 6.42 Å². The lowest BCUT2D eigenvalue weighted by Gasteiger charge is -2.22. The monoisotopic (exact) mass is 235 g/mol. The van der Waals surface area contributed by atoms with Crippen molar-refractivity contribution in [3.8, 4) is 0 Å². The van der Waals surface area contributed by atoms with Crippen LogP contribution in [0.3, 0.4) is 0 Å². The Morgan fingerprint density at radius 1 is 1.29 bits per heavy atom.